The van der Waals surface area contributed by atoms with E-state index in [0.717, 1.165) is 64.2 Å². The second kappa shape index (κ2) is 37.4. The monoisotopic (exact) mass is 643 g/mol. The minimum absolute atomic E-state index is 0.0584. The SMILES string of the molecule is CC/C=C\C/C=C\C/C=C\C/C=C\CCCCC(=O)OC(CCCCCCCCCCCCCCCCCCCC)CCC(=O)O. The van der Waals surface area contributed by atoms with Gasteiger partial charge in [-0.25, -0.2) is 0 Å². The lowest BCUT2D eigenvalue weighted by Gasteiger charge is -2.17. The maximum absolute atomic E-state index is 12.4. The van der Waals surface area contributed by atoms with Crippen LogP contribution in [0.25, 0.3) is 0 Å². The first kappa shape index (κ1) is 43.9. The summed E-state index contributed by atoms with van der Waals surface area (Å²) in [7, 11) is 0. The zero-order valence-electron chi connectivity index (χ0n) is 30.4. The third kappa shape index (κ3) is 36.4. The Morgan fingerprint density at radius 1 is 0.500 bits per heavy atom. The minimum atomic E-state index is -0.822. The fraction of sp³-hybridized carbons (Fsp3) is 0.762. The molecule has 4 nitrogen and oxygen atoms in total. The summed E-state index contributed by atoms with van der Waals surface area (Å²) in [5.41, 5.74) is 0. The number of hydrogen-bond acceptors (Lipinski definition) is 3. The minimum Gasteiger partial charge on any atom is -0.481 e. The molecule has 0 fully saturated rings. The molecule has 0 spiro atoms. The predicted octanol–water partition coefficient (Wildman–Crippen LogP) is 13.6. The highest BCUT2D eigenvalue weighted by Gasteiger charge is 2.15. The van der Waals surface area contributed by atoms with E-state index in [1.54, 1.807) is 0 Å². The third-order valence-electron chi connectivity index (χ3n) is 8.58. The van der Waals surface area contributed by atoms with Crippen molar-refractivity contribution >= 4 is 11.9 Å². The Labute approximate surface area is 285 Å². The molecular weight excluding hydrogens is 568 g/mol. The van der Waals surface area contributed by atoms with E-state index < -0.39 is 5.97 Å². The van der Waals surface area contributed by atoms with Gasteiger partial charge in [0, 0.05) is 12.8 Å². The van der Waals surface area contributed by atoms with E-state index in [-0.39, 0.29) is 18.5 Å². The highest BCUT2D eigenvalue weighted by Crippen LogP contribution is 2.17. The lowest BCUT2D eigenvalue weighted by Crippen LogP contribution is -2.19. The molecule has 1 N–H and O–H groups in total. The fourth-order valence-electron chi connectivity index (χ4n) is 5.69. The lowest BCUT2D eigenvalue weighted by molar-refractivity contribution is -0.151. The predicted molar refractivity (Wildman–Crippen MR) is 199 cm³/mol. The van der Waals surface area contributed by atoms with Gasteiger partial charge in [-0.2, -0.15) is 0 Å². The molecule has 0 bridgehead atoms. The van der Waals surface area contributed by atoms with Crippen LogP contribution in [0, 0.1) is 0 Å². The number of hydrogen-bond donors (Lipinski definition) is 1. The summed E-state index contributed by atoms with van der Waals surface area (Å²) in [6.07, 6.45) is 49.9. The number of allylic oxidation sites excluding steroid dienone is 8. The number of esters is 1. The number of carboxylic acid groups (broad SMARTS) is 1. The van der Waals surface area contributed by atoms with Crippen LogP contribution in [0.3, 0.4) is 0 Å². The van der Waals surface area contributed by atoms with Crippen molar-refractivity contribution in [2.75, 3.05) is 0 Å². The van der Waals surface area contributed by atoms with Gasteiger partial charge >= 0.3 is 11.9 Å². The smallest absolute Gasteiger partial charge is 0.306 e. The summed E-state index contributed by atoms with van der Waals surface area (Å²) in [6, 6.07) is 0. The van der Waals surface area contributed by atoms with Gasteiger partial charge in [-0.05, 0) is 64.2 Å². The molecule has 0 aromatic rings. The number of carbonyl (C=O) groups is 2. The first-order chi connectivity index (χ1) is 22.6. The molecule has 1 atom stereocenters. The van der Waals surface area contributed by atoms with Crippen molar-refractivity contribution in [2.24, 2.45) is 0 Å². The van der Waals surface area contributed by atoms with Gasteiger partial charge in [-0.3, -0.25) is 9.59 Å². The van der Waals surface area contributed by atoms with Gasteiger partial charge in [0.1, 0.15) is 6.10 Å². The van der Waals surface area contributed by atoms with Crippen LogP contribution in [-0.2, 0) is 14.3 Å². The molecule has 266 valence electrons. The summed E-state index contributed by atoms with van der Waals surface area (Å²) in [5, 5.41) is 9.12. The first-order valence-corrected chi connectivity index (χ1v) is 19.6. The van der Waals surface area contributed by atoms with E-state index in [1.165, 1.54) is 103 Å². The molecule has 0 aliphatic carbocycles. The number of ether oxygens (including phenoxy) is 1. The molecular formula is C42H74O4. The van der Waals surface area contributed by atoms with Crippen LogP contribution in [0.2, 0.25) is 0 Å². The van der Waals surface area contributed by atoms with Crippen molar-refractivity contribution in [3.63, 3.8) is 0 Å². The van der Waals surface area contributed by atoms with Crippen molar-refractivity contribution in [3.05, 3.63) is 48.6 Å². The topological polar surface area (TPSA) is 63.6 Å². The zero-order chi connectivity index (χ0) is 33.6. The third-order valence-corrected chi connectivity index (χ3v) is 8.58. The quantitative estimate of drug-likeness (QED) is 0.0424. The maximum Gasteiger partial charge on any atom is 0.306 e. The standard InChI is InChI=1S/C42H74O4/c1-3-5-7-9-11-13-15-17-19-20-21-23-24-26-28-30-32-34-36-40(38-39-41(43)44)46-42(45)37-35-33-31-29-27-25-22-18-16-14-12-10-8-6-4-2/h6,8,12,14,18,22,27,29,40H,3-5,7,9-11,13,15-17,19-21,23-26,28,30-39H2,1-2H3,(H,43,44)/b8-6-,14-12-,22-18-,29-27-. The summed E-state index contributed by atoms with van der Waals surface area (Å²) < 4.78 is 5.71. The van der Waals surface area contributed by atoms with Gasteiger partial charge in [0.25, 0.3) is 0 Å². The summed E-state index contributed by atoms with van der Waals surface area (Å²) in [5.74, 6) is -1.00. The van der Waals surface area contributed by atoms with Crippen molar-refractivity contribution in [3.8, 4) is 0 Å². The Morgan fingerprint density at radius 2 is 0.935 bits per heavy atom. The van der Waals surface area contributed by atoms with E-state index in [2.05, 4.69) is 62.5 Å². The van der Waals surface area contributed by atoms with Gasteiger partial charge in [0.2, 0.25) is 0 Å². The summed E-state index contributed by atoms with van der Waals surface area (Å²) in [6.45, 7) is 4.43. The molecule has 46 heavy (non-hydrogen) atoms. The van der Waals surface area contributed by atoms with Gasteiger partial charge in [-0.15, -0.1) is 0 Å². The molecule has 0 radical (unpaired) electrons. The van der Waals surface area contributed by atoms with E-state index in [4.69, 9.17) is 9.84 Å². The van der Waals surface area contributed by atoms with Crippen LogP contribution in [0.1, 0.15) is 200 Å². The van der Waals surface area contributed by atoms with Crippen molar-refractivity contribution in [1.29, 1.82) is 0 Å². The second-order valence-electron chi connectivity index (χ2n) is 13.1. The Balaban J connectivity index is 3.80. The molecule has 4 heteroatoms. The number of carboxylic acids is 1. The van der Waals surface area contributed by atoms with E-state index in [0.29, 0.717) is 12.8 Å². The second-order valence-corrected chi connectivity index (χ2v) is 13.1. The molecule has 0 rings (SSSR count). The Morgan fingerprint density at radius 3 is 1.39 bits per heavy atom. The first-order valence-electron chi connectivity index (χ1n) is 19.6. The van der Waals surface area contributed by atoms with Crippen LogP contribution in [-0.4, -0.2) is 23.1 Å². The Kier molecular flexibility index (Phi) is 35.7. The van der Waals surface area contributed by atoms with Crippen LogP contribution in [0.4, 0.5) is 0 Å². The highest BCUT2D eigenvalue weighted by atomic mass is 16.5. The number of rotatable bonds is 35. The number of unbranched alkanes of at least 4 members (excludes halogenated alkanes) is 19. The van der Waals surface area contributed by atoms with Gasteiger partial charge in [0.05, 0.1) is 0 Å². The van der Waals surface area contributed by atoms with Crippen LogP contribution < -0.4 is 0 Å². The molecule has 1 unspecified atom stereocenters. The van der Waals surface area contributed by atoms with Gasteiger partial charge in [-0.1, -0.05) is 172 Å². The molecule has 0 aromatic carbocycles. The van der Waals surface area contributed by atoms with Crippen LogP contribution in [0.15, 0.2) is 48.6 Å². The molecule has 0 aliphatic rings. The Bertz CT molecular complexity index is 779. The van der Waals surface area contributed by atoms with Crippen molar-refractivity contribution in [1.82, 2.24) is 0 Å². The number of aliphatic carboxylic acids is 1. The van der Waals surface area contributed by atoms with Gasteiger partial charge < -0.3 is 9.84 Å². The molecule has 0 aliphatic heterocycles. The lowest BCUT2D eigenvalue weighted by atomic mass is 10.0. The average Bonchev–Trinajstić information content (AvgIpc) is 3.04. The Hall–Kier alpha value is -2.10. The number of carbonyl (C=O) groups excluding carboxylic acids is 1. The van der Waals surface area contributed by atoms with Crippen LogP contribution >= 0.6 is 0 Å². The largest absolute Gasteiger partial charge is 0.481 e. The molecule has 0 aromatic heterocycles. The zero-order valence-corrected chi connectivity index (χ0v) is 30.4. The van der Waals surface area contributed by atoms with Crippen molar-refractivity contribution < 1.29 is 19.4 Å². The van der Waals surface area contributed by atoms with Crippen LogP contribution in [0.5, 0.6) is 0 Å². The van der Waals surface area contributed by atoms with Gasteiger partial charge in [0.15, 0.2) is 0 Å². The molecule has 0 saturated carbocycles. The fourth-order valence-corrected chi connectivity index (χ4v) is 5.69. The molecule has 0 heterocycles. The highest BCUT2D eigenvalue weighted by molar-refractivity contribution is 5.69. The molecule has 0 amide bonds. The molecule has 0 saturated heterocycles. The van der Waals surface area contributed by atoms with E-state index in [1.807, 2.05) is 0 Å². The average molecular weight is 643 g/mol. The van der Waals surface area contributed by atoms with E-state index >= 15 is 0 Å². The maximum atomic E-state index is 12.4. The summed E-state index contributed by atoms with van der Waals surface area (Å²) in [4.78, 5) is 23.5. The normalized spacial score (nSPS) is 12.7. The van der Waals surface area contributed by atoms with Crippen molar-refractivity contribution in [2.45, 2.75) is 206 Å². The summed E-state index contributed by atoms with van der Waals surface area (Å²) >= 11 is 0. The van der Waals surface area contributed by atoms with E-state index in [9.17, 15) is 9.59 Å².